The maximum Gasteiger partial charge on any atom is 0.0824 e. The maximum atomic E-state index is 5.71. The first-order chi connectivity index (χ1) is 6.90. The highest BCUT2D eigenvalue weighted by atomic mass is 16.5. The summed E-state index contributed by atoms with van der Waals surface area (Å²) < 4.78 is 5.71. The van der Waals surface area contributed by atoms with Crippen molar-refractivity contribution in [2.75, 3.05) is 6.61 Å². The van der Waals surface area contributed by atoms with Gasteiger partial charge in [0, 0.05) is 6.61 Å². The zero-order valence-electron chi connectivity index (χ0n) is 8.41. The third kappa shape index (κ3) is 2.05. The molecule has 1 aliphatic heterocycles. The van der Waals surface area contributed by atoms with Gasteiger partial charge in [-0.1, -0.05) is 36.9 Å². The molecule has 1 saturated heterocycles. The molecule has 0 bridgehead atoms. The first kappa shape index (κ1) is 9.47. The molecule has 0 aromatic heterocycles. The van der Waals surface area contributed by atoms with Gasteiger partial charge in [0.25, 0.3) is 0 Å². The minimum atomic E-state index is 0.322. The summed E-state index contributed by atoms with van der Waals surface area (Å²) in [5, 5.41) is 0. The predicted octanol–water partition coefficient (Wildman–Crippen LogP) is 3.57. The Hall–Kier alpha value is -1.08. The second-order valence-corrected chi connectivity index (χ2v) is 3.73. The van der Waals surface area contributed by atoms with Gasteiger partial charge in [-0.05, 0) is 30.4 Å². The third-order valence-electron chi connectivity index (χ3n) is 2.72. The van der Waals surface area contributed by atoms with Gasteiger partial charge >= 0.3 is 0 Å². The van der Waals surface area contributed by atoms with Gasteiger partial charge in [0.1, 0.15) is 0 Å². The Morgan fingerprint density at radius 2 is 2.00 bits per heavy atom. The Morgan fingerprint density at radius 1 is 1.21 bits per heavy atom. The van der Waals surface area contributed by atoms with E-state index in [-0.39, 0.29) is 0 Å². The summed E-state index contributed by atoms with van der Waals surface area (Å²) in [5.74, 6) is 0. The molecule has 2 rings (SSSR count). The van der Waals surface area contributed by atoms with Crippen LogP contribution in [0.2, 0.25) is 0 Å². The van der Waals surface area contributed by atoms with Gasteiger partial charge in [-0.15, -0.1) is 0 Å². The molecule has 0 aliphatic carbocycles. The summed E-state index contributed by atoms with van der Waals surface area (Å²) in [7, 11) is 0. The molecule has 1 heteroatoms. The minimum absolute atomic E-state index is 0.322. The van der Waals surface area contributed by atoms with E-state index in [1.165, 1.54) is 24.0 Å². The number of hydrogen-bond donors (Lipinski definition) is 0. The molecule has 1 unspecified atom stereocenters. The van der Waals surface area contributed by atoms with Crippen LogP contribution in [-0.2, 0) is 4.74 Å². The number of rotatable bonds is 2. The molecule has 1 fully saturated rings. The van der Waals surface area contributed by atoms with Gasteiger partial charge in [-0.3, -0.25) is 0 Å². The average molecular weight is 188 g/mol. The molecule has 0 amide bonds. The molecule has 1 atom stereocenters. The molecular weight excluding hydrogens is 172 g/mol. The van der Waals surface area contributed by atoms with Crippen molar-refractivity contribution in [3.63, 3.8) is 0 Å². The number of benzene rings is 1. The zero-order chi connectivity index (χ0) is 9.80. The van der Waals surface area contributed by atoms with E-state index >= 15 is 0 Å². The molecule has 0 spiro atoms. The van der Waals surface area contributed by atoms with Crippen LogP contribution in [0.4, 0.5) is 0 Å². The molecule has 14 heavy (non-hydrogen) atoms. The van der Waals surface area contributed by atoms with Crippen molar-refractivity contribution < 1.29 is 4.74 Å². The Kier molecular flexibility index (Phi) is 3.00. The molecule has 74 valence electrons. The first-order valence-corrected chi connectivity index (χ1v) is 5.24. The molecule has 1 heterocycles. The van der Waals surface area contributed by atoms with Crippen molar-refractivity contribution in [3.8, 4) is 0 Å². The molecule has 1 aliphatic rings. The van der Waals surface area contributed by atoms with Gasteiger partial charge in [0.2, 0.25) is 0 Å². The molecule has 0 radical (unpaired) electrons. The molecule has 1 aromatic rings. The van der Waals surface area contributed by atoms with E-state index in [4.69, 9.17) is 4.74 Å². The van der Waals surface area contributed by atoms with Gasteiger partial charge in [-0.25, -0.2) is 0 Å². The fourth-order valence-corrected chi connectivity index (χ4v) is 1.85. The molecular formula is C13H16O. The fourth-order valence-electron chi connectivity index (χ4n) is 1.85. The summed E-state index contributed by atoms with van der Waals surface area (Å²) >= 11 is 0. The monoisotopic (exact) mass is 188 g/mol. The van der Waals surface area contributed by atoms with Crippen molar-refractivity contribution in [3.05, 3.63) is 42.0 Å². The molecule has 1 nitrogen and oxygen atoms in total. The average Bonchev–Trinajstić information content (AvgIpc) is 2.30. The summed E-state index contributed by atoms with van der Waals surface area (Å²) in [6.45, 7) is 4.65. The second-order valence-electron chi connectivity index (χ2n) is 3.73. The first-order valence-electron chi connectivity index (χ1n) is 5.24. The van der Waals surface area contributed by atoms with Gasteiger partial charge in [-0.2, -0.15) is 0 Å². The number of hydrogen-bond acceptors (Lipinski definition) is 1. The summed E-state index contributed by atoms with van der Waals surface area (Å²) in [6, 6.07) is 8.49. The Balaban J connectivity index is 2.11. The third-order valence-corrected chi connectivity index (χ3v) is 2.72. The van der Waals surface area contributed by atoms with E-state index in [9.17, 15) is 0 Å². The van der Waals surface area contributed by atoms with Crippen LogP contribution in [0, 0.1) is 0 Å². The predicted molar refractivity (Wildman–Crippen MR) is 59.1 cm³/mol. The van der Waals surface area contributed by atoms with Crippen LogP contribution in [0.25, 0.3) is 6.08 Å². The van der Waals surface area contributed by atoms with E-state index in [1.54, 1.807) is 0 Å². The highest BCUT2D eigenvalue weighted by molar-refractivity contribution is 5.47. The van der Waals surface area contributed by atoms with Crippen molar-refractivity contribution in [1.29, 1.82) is 0 Å². The quantitative estimate of drug-likeness (QED) is 0.689. The molecule has 1 aromatic carbocycles. The fraction of sp³-hybridized carbons (Fsp3) is 0.385. The Bertz CT molecular complexity index is 294. The van der Waals surface area contributed by atoms with E-state index in [2.05, 4.69) is 30.8 Å². The lowest BCUT2D eigenvalue weighted by molar-refractivity contribution is 0.0149. The highest BCUT2D eigenvalue weighted by Crippen LogP contribution is 2.27. The van der Waals surface area contributed by atoms with E-state index in [0.717, 1.165) is 13.0 Å². The van der Waals surface area contributed by atoms with Crippen LogP contribution in [0.3, 0.4) is 0 Å². The standard InChI is InChI=1S/C13H16O/c1-2-11-6-8-12(9-7-11)13-5-3-4-10-14-13/h2,6-9,13H,1,3-5,10H2. The smallest absolute Gasteiger partial charge is 0.0824 e. The van der Waals surface area contributed by atoms with Gasteiger partial charge in [0.05, 0.1) is 6.10 Å². The van der Waals surface area contributed by atoms with Gasteiger partial charge < -0.3 is 4.74 Å². The lowest BCUT2D eigenvalue weighted by Gasteiger charge is -2.22. The summed E-state index contributed by atoms with van der Waals surface area (Å²) in [6.07, 6.45) is 5.84. The highest BCUT2D eigenvalue weighted by Gasteiger charge is 2.15. The molecule has 0 N–H and O–H groups in total. The van der Waals surface area contributed by atoms with Crippen molar-refractivity contribution in [2.45, 2.75) is 25.4 Å². The second kappa shape index (κ2) is 4.43. The summed E-state index contributed by atoms with van der Waals surface area (Å²) in [4.78, 5) is 0. The van der Waals surface area contributed by atoms with Crippen LogP contribution in [0.1, 0.15) is 36.5 Å². The number of ether oxygens (including phenoxy) is 1. The van der Waals surface area contributed by atoms with Crippen LogP contribution >= 0.6 is 0 Å². The van der Waals surface area contributed by atoms with Crippen molar-refractivity contribution in [2.24, 2.45) is 0 Å². The normalized spacial score (nSPS) is 21.9. The van der Waals surface area contributed by atoms with E-state index in [1.807, 2.05) is 6.08 Å². The zero-order valence-corrected chi connectivity index (χ0v) is 8.41. The van der Waals surface area contributed by atoms with Gasteiger partial charge in [0.15, 0.2) is 0 Å². The SMILES string of the molecule is C=Cc1ccc(C2CCCCO2)cc1. The van der Waals surface area contributed by atoms with Crippen LogP contribution in [0.5, 0.6) is 0 Å². The maximum absolute atomic E-state index is 5.71. The van der Waals surface area contributed by atoms with E-state index in [0.29, 0.717) is 6.10 Å². The Morgan fingerprint density at radius 3 is 2.57 bits per heavy atom. The van der Waals surface area contributed by atoms with Crippen LogP contribution in [0.15, 0.2) is 30.8 Å². The van der Waals surface area contributed by atoms with Crippen LogP contribution in [-0.4, -0.2) is 6.61 Å². The minimum Gasteiger partial charge on any atom is -0.374 e. The summed E-state index contributed by atoms with van der Waals surface area (Å²) in [5.41, 5.74) is 2.47. The van der Waals surface area contributed by atoms with Crippen molar-refractivity contribution in [1.82, 2.24) is 0 Å². The van der Waals surface area contributed by atoms with E-state index < -0.39 is 0 Å². The van der Waals surface area contributed by atoms with Crippen molar-refractivity contribution >= 4 is 6.08 Å². The van der Waals surface area contributed by atoms with Crippen LogP contribution < -0.4 is 0 Å². The Labute approximate surface area is 85.4 Å². The lowest BCUT2D eigenvalue weighted by Crippen LogP contribution is -2.11. The largest absolute Gasteiger partial charge is 0.374 e. The lowest BCUT2D eigenvalue weighted by atomic mass is 10.0. The molecule has 0 saturated carbocycles. The topological polar surface area (TPSA) is 9.23 Å².